The minimum absolute atomic E-state index is 0.308. The number of carbonyl (C=O) groups excluding carboxylic acids is 1. The minimum atomic E-state index is -0.490. The van der Waals surface area contributed by atoms with Crippen LogP contribution in [0.5, 0.6) is 0 Å². The molecule has 2 rings (SSSR count). The van der Waals surface area contributed by atoms with E-state index in [1.165, 1.54) is 19.4 Å². The Morgan fingerprint density at radius 1 is 1.64 bits per heavy atom. The van der Waals surface area contributed by atoms with Gasteiger partial charge in [-0.2, -0.15) is 0 Å². The van der Waals surface area contributed by atoms with Crippen LogP contribution in [0.4, 0.5) is 4.39 Å². The molecule has 0 aliphatic carbocycles. The topological polar surface area (TPSA) is 55.0 Å². The Bertz CT molecular complexity index is 493. The molecule has 5 heteroatoms. The third-order valence-corrected chi connectivity index (χ3v) is 1.89. The summed E-state index contributed by atoms with van der Waals surface area (Å²) in [4.78, 5) is 17.7. The summed E-state index contributed by atoms with van der Waals surface area (Å²) in [6.45, 7) is 0. The molecule has 1 N–H and O–H groups in total. The van der Waals surface area contributed by atoms with Gasteiger partial charge in [-0.05, 0) is 0 Å². The van der Waals surface area contributed by atoms with Crippen molar-refractivity contribution in [3.8, 4) is 0 Å². The molecule has 0 aromatic carbocycles. The Morgan fingerprint density at radius 2 is 2.43 bits per heavy atom. The third kappa shape index (κ3) is 1.22. The van der Waals surface area contributed by atoms with Crippen molar-refractivity contribution in [2.24, 2.45) is 0 Å². The summed E-state index contributed by atoms with van der Waals surface area (Å²) >= 11 is 0. The summed E-state index contributed by atoms with van der Waals surface area (Å²) in [5.41, 5.74) is 1.20. The predicted octanol–water partition coefficient (Wildman–Crippen LogP) is 1.49. The number of halogens is 1. The maximum atomic E-state index is 12.7. The Balaban J connectivity index is 2.64. The molecular formula is C9H7FN2O2. The zero-order chi connectivity index (χ0) is 10.1. The first kappa shape index (κ1) is 8.68. The number of fused-ring (bicyclic) bond motifs is 1. The molecule has 0 amide bonds. The van der Waals surface area contributed by atoms with Gasteiger partial charge in [0.15, 0.2) is 0 Å². The van der Waals surface area contributed by atoms with Crippen LogP contribution in [0.1, 0.15) is 10.4 Å². The van der Waals surface area contributed by atoms with Gasteiger partial charge in [0.05, 0.1) is 18.8 Å². The minimum Gasteiger partial charge on any atom is -0.465 e. The number of ether oxygens (including phenoxy) is 1. The molecule has 14 heavy (non-hydrogen) atoms. The van der Waals surface area contributed by atoms with Gasteiger partial charge in [0.2, 0.25) is 0 Å². The number of rotatable bonds is 1. The zero-order valence-electron chi connectivity index (χ0n) is 7.37. The highest BCUT2D eigenvalue weighted by Crippen LogP contribution is 2.16. The van der Waals surface area contributed by atoms with E-state index in [2.05, 4.69) is 14.7 Å². The molecule has 0 fully saturated rings. The molecule has 0 saturated carbocycles. The van der Waals surface area contributed by atoms with Crippen molar-refractivity contribution in [2.75, 3.05) is 7.11 Å². The van der Waals surface area contributed by atoms with Crippen LogP contribution in [0, 0.1) is 5.82 Å². The molecule has 0 aliphatic rings. The molecule has 72 valence electrons. The van der Waals surface area contributed by atoms with Gasteiger partial charge < -0.3 is 9.72 Å². The van der Waals surface area contributed by atoms with Crippen molar-refractivity contribution in [3.05, 3.63) is 29.8 Å². The van der Waals surface area contributed by atoms with Crippen LogP contribution >= 0.6 is 0 Å². The summed E-state index contributed by atoms with van der Waals surface area (Å²) in [5, 5.41) is 0. The normalized spacial score (nSPS) is 10.4. The van der Waals surface area contributed by atoms with Gasteiger partial charge in [-0.3, -0.25) is 4.98 Å². The Labute approximate surface area is 78.7 Å². The van der Waals surface area contributed by atoms with E-state index in [9.17, 15) is 9.18 Å². The van der Waals surface area contributed by atoms with Crippen molar-refractivity contribution >= 4 is 17.0 Å². The zero-order valence-corrected chi connectivity index (χ0v) is 7.37. The summed E-state index contributed by atoms with van der Waals surface area (Å²) in [6, 6.07) is 1.27. The second-order valence-corrected chi connectivity index (χ2v) is 2.74. The molecule has 0 bridgehead atoms. The summed E-state index contributed by atoms with van der Waals surface area (Å²) < 4.78 is 17.3. The van der Waals surface area contributed by atoms with Crippen LogP contribution in [0.25, 0.3) is 11.0 Å². The van der Waals surface area contributed by atoms with Crippen LogP contribution < -0.4 is 0 Å². The monoisotopic (exact) mass is 194 g/mol. The number of carbonyl (C=O) groups is 1. The van der Waals surface area contributed by atoms with Crippen molar-refractivity contribution in [3.63, 3.8) is 0 Å². The molecule has 2 aromatic heterocycles. The number of hydrogen-bond acceptors (Lipinski definition) is 3. The maximum Gasteiger partial charge on any atom is 0.341 e. The Kier molecular flexibility index (Phi) is 1.92. The molecule has 2 aromatic rings. The van der Waals surface area contributed by atoms with E-state index in [0.29, 0.717) is 16.6 Å². The quantitative estimate of drug-likeness (QED) is 0.699. The molecule has 0 saturated heterocycles. The van der Waals surface area contributed by atoms with Crippen molar-refractivity contribution < 1.29 is 13.9 Å². The highest BCUT2D eigenvalue weighted by molar-refractivity contribution is 6.02. The van der Waals surface area contributed by atoms with Gasteiger partial charge in [0, 0.05) is 12.3 Å². The number of hydrogen-bond donors (Lipinski definition) is 1. The van der Waals surface area contributed by atoms with Crippen molar-refractivity contribution in [1.29, 1.82) is 0 Å². The van der Waals surface area contributed by atoms with Crippen LogP contribution in [-0.4, -0.2) is 23.0 Å². The molecule has 0 unspecified atom stereocenters. The van der Waals surface area contributed by atoms with Gasteiger partial charge in [0.25, 0.3) is 0 Å². The molecule has 0 radical (unpaired) electrons. The van der Waals surface area contributed by atoms with Gasteiger partial charge >= 0.3 is 5.97 Å². The Hall–Kier alpha value is -1.91. The van der Waals surface area contributed by atoms with Gasteiger partial charge in [-0.25, -0.2) is 9.18 Å². The van der Waals surface area contributed by atoms with Crippen LogP contribution in [0.15, 0.2) is 18.5 Å². The fourth-order valence-electron chi connectivity index (χ4n) is 1.25. The van der Waals surface area contributed by atoms with Crippen LogP contribution in [0.3, 0.4) is 0 Å². The molecule has 0 aliphatic heterocycles. The standard InChI is InChI=1S/C9H7FN2O2/c1-14-9(13)6-4-11-7-2-5(10)3-12-8(6)7/h2-4,11H,1H3. The summed E-state index contributed by atoms with van der Waals surface area (Å²) in [7, 11) is 1.28. The first-order chi connectivity index (χ1) is 6.72. The van der Waals surface area contributed by atoms with Crippen LogP contribution in [-0.2, 0) is 4.74 Å². The number of H-pyrrole nitrogens is 1. The molecule has 0 atom stereocenters. The number of methoxy groups -OCH3 is 1. The maximum absolute atomic E-state index is 12.7. The van der Waals surface area contributed by atoms with E-state index in [1.807, 2.05) is 0 Å². The molecular weight excluding hydrogens is 187 g/mol. The average Bonchev–Trinajstić information content (AvgIpc) is 2.59. The number of nitrogens with one attached hydrogen (secondary N) is 1. The highest BCUT2D eigenvalue weighted by atomic mass is 19.1. The second kappa shape index (κ2) is 3.10. The van der Waals surface area contributed by atoms with Crippen LogP contribution in [0.2, 0.25) is 0 Å². The lowest BCUT2D eigenvalue weighted by molar-refractivity contribution is 0.0603. The lowest BCUT2D eigenvalue weighted by atomic mass is 10.3. The summed E-state index contributed by atoms with van der Waals surface area (Å²) in [5.74, 6) is -0.939. The molecule has 2 heterocycles. The third-order valence-electron chi connectivity index (χ3n) is 1.89. The fourth-order valence-corrected chi connectivity index (χ4v) is 1.25. The van der Waals surface area contributed by atoms with E-state index in [1.54, 1.807) is 0 Å². The van der Waals surface area contributed by atoms with E-state index >= 15 is 0 Å². The van der Waals surface area contributed by atoms with Gasteiger partial charge in [-0.1, -0.05) is 0 Å². The number of esters is 1. The van der Waals surface area contributed by atoms with Gasteiger partial charge in [-0.15, -0.1) is 0 Å². The molecule has 0 spiro atoms. The fraction of sp³-hybridized carbons (Fsp3) is 0.111. The number of aromatic nitrogens is 2. The molecule has 4 nitrogen and oxygen atoms in total. The lowest BCUT2D eigenvalue weighted by Crippen LogP contribution is -2.00. The van der Waals surface area contributed by atoms with E-state index < -0.39 is 11.8 Å². The number of aromatic amines is 1. The highest BCUT2D eigenvalue weighted by Gasteiger charge is 2.13. The number of nitrogens with zero attached hydrogens (tertiary/aromatic N) is 1. The number of pyridine rings is 1. The van der Waals surface area contributed by atoms with E-state index in [0.717, 1.165) is 6.20 Å². The first-order valence-electron chi connectivity index (χ1n) is 3.93. The smallest absolute Gasteiger partial charge is 0.341 e. The summed E-state index contributed by atoms with van der Waals surface area (Å²) in [6.07, 6.45) is 2.51. The second-order valence-electron chi connectivity index (χ2n) is 2.74. The van der Waals surface area contributed by atoms with Gasteiger partial charge in [0.1, 0.15) is 16.9 Å². The predicted molar refractivity (Wildman–Crippen MR) is 47.4 cm³/mol. The van der Waals surface area contributed by atoms with Crippen molar-refractivity contribution in [1.82, 2.24) is 9.97 Å². The van der Waals surface area contributed by atoms with E-state index in [-0.39, 0.29) is 0 Å². The van der Waals surface area contributed by atoms with E-state index in [4.69, 9.17) is 0 Å². The largest absolute Gasteiger partial charge is 0.465 e. The lowest BCUT2D eigenvalue weighted by Gasteiger charge is -1.95. The Morgan fingerprint density at radius 3 is 3.14 bits per heavy atom. The SMILES string of the molecule is COC(=O)c1c[nH]c2cc(F)cnc12. The van der Waals surface area contributed by atoms with Crippen molar-refractivity contribution in [2.45, 2.75) is 0 Å². The first-order valence-corrected chi connectivity index (χ1v) is 3.93. The average molecular weight is 194 g/mol.